The average Bonchev–Trinajstić information content (AvgIpc) is 2.31. The number of methoxy groups -OCH3 is 1. The predicted octanol–water partition coefficient (Wildman–Crippen LogP) is 1.72. The van der Waals surface area contributed by atoms with Crippen LogP contribution < -0.4 is 10.6 Å². The maximum Gasteiger partial charge on any atom is 0.191 e. The van der Waals surface area contributed by atoms with Gasteiger partial charge in [-0.15, -0.1) is 0 Å². The number of ether oxygens (including phenoxy) is 1. The van der Waals surface area contributed by atoms with Crippen LogP contribution in [0.3, 0.4) is 0 Å². The van der Waals surface area contributed by atoms with Gasteiger partial charge in [0.05, 0.1) is 12.1 Å². The Bertz CT molecular complexity index is 220. The molecule has 2 N–H and O–H groups in total. The van der Waals surface area contributed by atoms with Crippen molar-refractivity contribution in [2.75, 3.05) is 38.8 Å². The summed E-state index contributed by atoms with van der Waals surface area (Å²) in [6.45, 7) is 8.63. The molecule has 0 saturated carbocycles. The summed E-state index contributed by atoms with van der Waals surface area (Å²) in [7, 11) is 1.72. The number of hydrogen-bond donors (Lipinski definition) is 2. The summed E-state index contributed by atoms with van der Waals surface area (Å²) in [5, 5.41) is 6.55. The highest BCUT2D eigenvalue weighted by atomic mass is 32.2. The molecule has 0 aliphatic carbocycles. The molecule has 0 fully saturated rings. The Hall–Kier alpha value is -0.420. The normalized spacial score (nSPS) is 12.6. The van der Waals surface area contributed by atoms with Crippen LogP contribution in [0.1, 0.15) is 27.2 Å². The fourth-order valence-corrected chi connectivity index (χ4v) is 1.53. The van der Waals surface area contributed by atoms with E-state index in [-0.39, 0.29) is 5.60 Å². The monoisotopic (exact) mass is 261 g/mol. The van der Waals surface area contributed by atoms with Crippen molar-refractivity contribution < 1.29 is 4.74 Å². The Kier molecular flexibility index (Phi) is 9.36. The van der Waals surface area contributed by atoms with Crippen LogP contribution in [0.4, 0.5) is 0 Å². The number of nitrogens with one attached hydrogen (secondary N) is 2. The molecule has 0 rings (SSSR count). The molecule has 0 bridgehead atoms. The Morgan fingerprint density at radius 2 is 2.06 bits per heavy atom. The summed E-state index contributed by atoms with van der Waals surface area (Å²) >= 11 is 1.87. The van der Waals surface area contributed by atoms with Gasteiger partial charge >= 0.3 is 0 Å². The number of aliphatic imine (C=N–C) groups is 1. The van der Waals surface area contributed by atoms with Gasteiger partial charge in [0.15, 0.2) is 5.96 Å². The lowest BCUT2D eigenvalue weighted by Crippen LogP contribution is -2.39. The van der Waals surface area contributed by atoms with E-state index in [2.05, 4.69) is 28.8 Å². The van der Waals surface area contributed by atoms with E-state index < -0.39 is 0 Å². The van der Waals surface area contributed by atoms with E-state index in [0.717, 1.165) is 25.5 Å². The summed E-state index contributed by atoms with van der Waals surface area (Å²) in [5.41, 5.74) is -0.207. The lowest BCUT2D eigenvalue weighted by Gasteiger charge is -2.21. The lowest BCUT2D eigenvalue weighted by molar-refractivity contribution is 0.0310. The number of rotatable bonds is 8. The molecular formula is C12H27N3OS. The zero-order valence-corrected chi connectivity index (χ0v) is 12.6. The van der Waals surface area contributed by atoms with Crippen LogP contribution in [-0.2, 0) is 4.74 Å². The maximum absolute atomic E-state index is 5.34. The van der Waals surface area contributed by atoms with Crippen molar-refractivity contribution >= 4 is 17.7 Å². The van der Waals surface area contributed by atoms with Gasteiger partial charge in [-0.05, 0) is 39.2 Å². The van der Waals surface area contributed by atoms with E-state index in [9.17, 15) is 0 Å². The van der Waals surface area contributed by atoms with E-state index in [1.54, 1.807) is 7.11 Å². The van der Waals surface area contributed by atoms with Crippen molar-refractivity contribution in [1.82, 2.24) is 10.6 Å². The average molecular weight is 261 g/mol. The molecule has 0 saturated heterocycles. The third-order valence-electron chi connectivity index (χ3n) is 2.33. The van der Waals surface area contributed by atoms with Crippen molar-refractivity contribution in [2.45, 2.75) is 32.8 Å². The molecule has 0 aliphatic rings. The second-order valence-corrected chi connectivity index (χ2v) is 5.42. The smallest absolute Gasteiger partial charge is 0.191 e. The summed E-state index contributed by atoms with van der Waals surface area (Å²) in [6.07, 6.45) is 3.28. The van der Waals surface area contributed by atoms with E-state index in [1.807, 2.05) is 25.6 Å². The van der Waals surface area contributed by atoms with Gasteiger partial charge in [-0.3, -0.25) is 4.99 Å². The van der Waals surface area contributed by atoms with Crippen LogP contribution in [0, 0.1) is 0 Å². The van der Waals surface area contributed by atoms with Crippen molar-refractivity contribution in [3.8, 4) is 0 Å². The highest BCUT2D eigenvalue weighted by Crippen LogP contribution is 2.06. The Balaban J connectivity index is 4.07. The van der Waals surface area contributed by atoms with Crippen molar-refractivity contribution in [1.29, 1.82) is 0 Å². The van der Waals surface area contributed by atoms with Crippen LogP contribution in [0.15, 0.2) is 4.99 Å². The highest BCUT2D eigenvalue weighted by Gasteiger charge is 2.15. The molecule has 17 heavy (non-hydrogen) atoms. The van der Waals surface area contributed by atoms with E-state index in [4.69, 9.17) is 4.74 Å². The molecule has 0 spiro atoms. The molecule has 102 valence electrons. The largest absolute Gasteiger partial charge is 0.377 e. The zero-order chi connectivity index (χ0) is 13.1. The van der Waals surface area contributed by atoms with Crippen LogP contribution >= 0.6 is 11.8 Å². The van der Waals surface area contributed by atoms with Gasteiger partial charge in [0, 0.05) is 20.2 Å². The first-order valence-corrected chi connectivity index (χ1v) is 7.51. The van der Waals surface area contributed by atoms with Crippen LogP contribution in [-0.4, -0.2) is 50.3 Å². The van der Waals surface area contributed by atoms with E-state index >= 15 is 0 Å². The predicted molar refractivity (Wildman–Crippen MR) is 78.1 cm³/mol. The topological polar surface area (TPSA) is 45.7 Å². The molecule has 0 unspecified atom stereocenters. The second-order valence-electron chi connectivity index (χ2n) is 4.43. The summed E-state index contributed by atoms with van der Waals surface area (Å²) in [4.78, 5) is 4.52. The minimum Gasteiger partial charge on any atom is -0.377 e. The second kappa shape index (κ2) is 9.59. The maximum atomic E-state index is 5.34. The molecule has 0 amide bonds. The first-order valence-electron chi connectivity index (χ1n) is 6.12. The van der Waals surface area contributed by atoms with E-state index in [1.165, 1.54) is 5.75 Å². The zero-order valence-electron chi connectivity index (χ0n) is 11.8. The molecule has 0 aromatic rings. The van der Waals surface area contributed by atoms with Crippen LogP contribution in [0.2, 0.25) is 0 Å². The molecular weight excluding hydrogens is 234 g/mol. The number of nitrogens with zero attached hydrogens (tertiary/aromatic N) is 1. The van der Waals surface area contributed by atoms with Gasteiger partial charge in [-0.25, -0.2) is 0 Å². The lowest BCUT2D eigenvalue weighted by atomic mass is 10.1. The summed E-state index contributed by atoms with van der Waals surface area (Å²) in [5.74, 6) is 2.05. The van der Waals surface area contributed by atoms with Crippen molar-refractivity contribution in [2.24, 2.45) is 4.99 Å². The van der Waals surface area contributed by atoms with Gasteiger partial charge in [0.2, 0.25) is 0 Å². The molecule has 4 nitrogen and oxygen atoms in total. The molecule has 0 heterocycles. The number of thioether (sulfide) groups is 1. The van der Waals surface area contributed by atoms with E-state index in [0.29, 0.717) is 6.54 Å². The van der Waals surface area contributed by atoms with Gasteiger partial charge in [-0.2, -0.15) is 11.8 Å². The third kappa shape index (κ3) is 9.30. The fourth-order valence-electron chi connectivity index (χ4n) is 1.10. The minimum atomic E-state index is -0.207. The molecule has 0 radical (unpaired) electrons. The molecule has 5 heteroatoms. The molecule has 0 aromatic heterocycles. The molecule has 0 aliphatic heterocycles. The fraction of sp³-hybridized carbons (Fsp3) is 0.917. The Labute approximate surface area is 110 Å². The van der Waals surface area contributed by atoms with Gasteiger partial charge in [0.25, 0.3) is 0 Å². The number of hydrogen-bond acceptors (Lipinski definition) is 3. The summed E-state index contributed by atoms with van der Waals surface area (Å²) in [6, 6.07) is 0. The minimum absolute atomic E-state index is 0.207. The Morgan fingerprint density at radius 1 is 1.35 bits per heavy atom. The quantitative estimate of drug-likeness (QED) is 0.397. The van der Waals surface area contributed by atoms with Gasteiger partial charge in [0.1, 0.15) is 0 Å². The highest BCUT2D eigenvalue weighted by molar-refractivity contribution is 7.98. The van der Waals surface area contributed by atoms with Crippen LogP contribution in [0.5, 0.6) is 0 Å². The first kappa shape index (κ1) is 16.6. The molecule has 0 atom stereocenters. The first-order chi connectivity index (χ1) is 8.05. The van der Waals surface area contributed by atoms with Crippen LogP contribution in [0.25, 0.3) is 0 Å². The van der Waals surface area contributed by atoms with Gasteiger partial charge in [-0.1, -0.05) is 0 Å². The standard InChI is InChI=1S/C12H27N3OS/c1-6-13-11(14-8-7-9-17-5)15-10-12(2,3)16-4/h6-10H2,1-5H3,(H2,13,14,15). The summed E-state index contributed by atoms with van der Waals surface area (Å²) < 4.78 is 5.34. The molecule has 0 aromatic carbocycles. The Morgan fingerprint density at radius 3 is 2.59 bits per heavy atom. The third-order valence-corrected chi connectivity index (χ3v) is 3.03. The van der Waals surface area contributed by atoms with Crippen molar-refractivity contribution in [3.05, 3.63) is 0 Å². The number of guanidine groups is 1. The van der Waals surface area contributed by atoms with Gasteiger partial charge < -0.3 is 15.4 Å². The van der Waals surface area contributed by atoms with Crippen molar-refractivity contribution in [3.63, 3.8) is 0 Å². The SMILES string of the molecule is CCNC(=NCC(C)(C)OC)NCCCSC.